The van der Waals surface area contributed by atoms with Gasteiger partial charge in [0.2, 0.25) is 0 Å². The predicted octanol–water partition coefficient (Wildman–Crippen LogP) is 3.10. The number of halogens is 1. The van der Waals surface area contributed by atoms with E-state index in [1.54, 1.807) is 11.8 Å². The Balaban J connectivity index is 1.63. The summed E-state index contributed by atoms with van der Waals surface area (Å²) < 4.78 is 0. The molecule has 1 atom stereocenters. The zero-order chi connectivity index (χ0) is 12.5. The van der Waals surface area contributed by atoms with Crippen LogP contribution in [0.25, 0.3) is 0 Å². The van der Waals surface area contributed by atoms with E-state index < -0.39 is 0 Å². The maximum Gasteiger partial charge on any atom is 0.153 e. The summed E-state index contributed by atoms with van der Waals surface area (Å²) >= 11 is 7.62. The van der Waals surface area contributed by atoms with Gasteiger partial charge < -0.3 is 0 Å². The summed E-state index contributed by atoms with van der Waals surface area (Å²) in [7, 11) is 0. The Bertz CT molecular complexity index is 440. The van der Waals surface area contributed by atoms with Crippen molar-refractivity contribution in [1.29, 1.82) is 0 Å². The third kappa shape index (κ3) is 2.44. The molecule has 3 aliphatic rings. The summed E-state index contributed by atoms with van der Waals surface area (Å²) in [5, 5.41) is 0.760. The molecular weight excluding hydrogens is 266 g/mol. The summed E-state index contributed by atoms with van der Waals surface area (Å²) in [5.74, 6) is 1.68. The van der Waals surface area contributed by atoms with Crippen LogP contribution in [0.2, 0.25) is 5.02 Å². The summed E-state index contributed by atoms with van der Waals surface area (Å²) in [6.45, 7) is 2.20. The fourth-order valence-electron chi connectivity index (χ4n) is 2.84. The van der Waals surface area contributed by atoms with E-state index in [9.17, 15) is 4.79 Å². The van der Waals surface area contributed by atoms with Gasteiger partial charge in [0.05, 0.1) is 6.04 Å². The van der Waals surface area contributed by atoms with Crippen LogP contribution < -0.4 is 0 Å². The first-order valence-corrected chi connectivity index (χ1v) is 7.76. The molecule has 18 heavy (non-hydrogen) atoms. The van der Waals surface area contributed by atoms with Crippen molar-refractivity contribution in [2.45, 2.75) is 23.8 Å². The second kappa shape index (κ2) is 5.24. The third-order valence-corrected chi connectivity index (χ3v) is 5.26. The van der Waals surface area contributed by atoms with Crippen LogP contribution in [0.5, 0.6) is 0 Å². The van der Waals surface area contributed by atoms with Gasteiger partial charge in [-0.15, -0.1) is 11.8 Å². The van der Waals surface area contributed by atoms with Gasteiger partial charge in [0.25, 0.3) is 0 Å². The number of rotatable bonds is 3. The average molecular weight is 282 g/mol. The highest BCUT2D eigenvalue weighted by Gasteiger charge is 2.40. The van der Waals surface area contributed by atoms with Gasteiger partial charge in [-0.25, -0.2) is 0 Å². The van der Waals surface area contributed by atoms with Gasteiger partial charge in [0.15, 0.2) is 5.78 Å². The number of carbonyl (C=O) groups is 1. The molecule has 2 nitrogen and oxygen atoms in total. The zero-order valence-electron chi connectivity index (χ0n) is 10.1. The van der Waals surface area contributed by atoms with E-state index in [-0.39, 0.29) is 6.04 Å². The SMILES string of the molecule is O=C1C2CCN(CC2)[C@H]1CSc1ccc(Cl)cc1. The highest BCUT2D eigenvalue weighted by Crippen LogP contribution is 2.32. The molecule has 0 saturated carbocycles. The molecule has 0 spiro atoms. The van der Waals surface area contributed by atoms with Crippen molar-refractivity contribution < 1.29 is 4.79 Å². The number of hydrogen-bond donors (Lipinski definition) is 0. The Hall–Kier alpha value is -0.510. The van der Waals surface area contributed by atoms with Crippen molar-refractivity contribution in [3.63, 3.8) is 0 Å². The Kier molecular flexibility index (Phi) is 3.64. The first kappa shape index (κ1) is 12.5. The van der Waals surface area contributed by atoms with Gasteiger partial charge in [-0.3, -0.25) is 9.69 Å². The van der Waals surface area contributed by atoms with Gasteiger partial charge in [-0.2, -0.15) is 0 Å². The molecule has 4 heteroatoms. The topological polar surface area (TPSA) is 20.3 Å². The molecule has 0 unspecified atom stereocenters. The maximum atomic E-state index is 12.2. The highest BCUT2D eigenvalue weighted by atomic mass is 35.5. The second-order valence-electron chi connectivity index (χ2n) is 4.99. The van der Waals surface area contributed by atoms with E-state index in [0.29, 0.717) is 11.7 Å². The van der Waals surface area contributed by atoms with Gasteiger partial charge in [0.1, 0.15) is 0 Å². The molecule has 0 N–H and O–H groups in total. The fourth-order valence-corrected chi connectivity index (χ4v) is 4.02. The monoisotopic (exact) mass is 281 g/mol. The van der Waals surface area contributed by atoms with Crippen molar-refractivity contribution in [3.05, 3.63) is 29.3 Å². The Morgan fingerprint density at radius 3 is 2.50 bits per heavy atom. The summed E-state index contributed by atoms with van der Waals surface area (Å²) in [6, 6.07) is 7.98. The van der Waals surface area contributed by atoms with E-state index in [4.69, 9.17) is 11.6 Å². The fraction of sp³-hybridized carbons (Fsp3) is 0.500. The van der Waals surface area contributed by atoms with Gasteiger partial charge in [0, 0.05) is 21.6 Å². The van der Waals surface area contributed by atoms with Gasteiger partial charge in [-0.05, 0) is 50.2 Å². The van der Waals surface area contributed by atoms with Crippen LogP contribution in [0.4, 0.5) is 0 Å². The molecule has 1 aromatic carbocycles. The molecule has 2 bridgehead atoms. The minimum atomic E-state index is 0.137. The number of thioether (sulfide) groups is 1. The number of nitrogens with zero attached hydrogens (tertiary/aromatic N) is 1. The summed E-state index contributed by atoms with van der Waals surface area (Å²) in [6.07, 6.45) is 2.14. The van der Waals surface area contributed by atoms with Crippen LogP contribution in [0.1, 0.15) is 12.8 Å². The van der Waals surface area contributed by atoms with Crippen LogP contribution in [0, 0.1) is 5.92 Å². The van der Waals surface area contributed by atoms with E-state index in [1.165, 1.54) is 4.90 Å². The smallest absolute Gasteiger partial charge is 0.153 e. The number of fused-ring (bicyclic) bond motifs is 3. The minimum absolute atomic E-state index is 0.137. The Labute approximate surface area is 117 Å². The number of hydrogen-bond acceptors (Lipinski definition) is 3. The normalized spacial score (nSPS) is 30.7. The van der Waals surface area contributed by atoms with Crippen LogP contribution in [-0.4, -0.2) is 35.6 Å². The molecule has 0 aromatic heterocycles. The van der Waals surface area contributed by atoms with Crippen molar-refractivity contribution in [2.75, 3.05) is 18.8 Å². The van der Waals surface area contributed by atoms with Gasteiger partial charge >= 0.3 is 0 Å². The molecule has 1 aromatic rings. The second-order valence-corrected chi connectivity index (χ2v) is 6.52. The molecular formula is C14H16ClNOS. The van der Waals surface area contributed by atoms with E-state index in [2.05, 4.69) is 4.90 Å². The number of benzene rings is 1. The lowest BCUT2D eigenvalue weighted by molar-refractivity contribution is -0.135. The first-order chi connectivity index (χ1) is 8.74. The number of carbonyl (C=O) groups excluding carboxylic acids is 1. The molecule has 96 valence electrons. The molecule has 3 heterocycles. The van der Waals surface area contributed by atoms with Crippen molar-refractivity contribution >= 4 is 29.1 Å². The van der Waals surface area contributed by atoms with Crippen molar-refractivity contribution in [3.8, 4) is 0 Å². The van der Waals surface area contributed by atoms with Crippen molar-refractivity contribution in [2.24, 2.45) is 5.92 Å². The largest absolute Gasteiger partial charge is 0.298 e. The first-order valence-electron chi connectivity index (χ1n) is 6.40. The lowest BCUT2D eigenvalue weighted by Gasteiger charge is -2.43. The predicted molar refractivity (Wildman–Crippen MR) is 75.3 cm³/mol. The lowest BCUT2D eigenvalue weighted by Crippen LogP contribution is -2.56. The quantitative estimate of drug-likeness (QED) is 0.794. The average Bonchev–Trinajstić information content (AvgIpc) is 2.41. The van der Waals surface area contributed by atoms with Crippen LogP contribution in [-0.2, 0) is 4.79 Å². The maximum absolute atomic E-state index is 12.2. The summed E-state index contributed by atoms with van der Waals surface area (Å²) in [4.78, 5) is 15.7. The standard InChI is InChI=1S/C14H16ClNOS/c15-11-1-3-12(4-2-11)18-9-13-14(17)10-5-7-16(13)8-6-10/h1-4,10,13H,5-9H2/t13-/m0/s1. The molecule has 0 radical (unpaired) electrons. The molecule has 3 saturated heterocycles. The van der Waals surface area contributed by atoms with Crippen LogP contribution in [0.15, 0.2) is 29.2 Å². The molecule has 4 rings (SSSR count). The summed E-state index contributed by atoms with van der Waals surface area (Å²) in [5.41, 5.74) is 0. The molecule has 0 amide bonds. The number of piperidine rings is 3. The molecule has 3 fully saturated rings. The third-order valence-electron chi connectivity index (χ3n) is 3.92. The van der Waals surface area contributed by atoms with E-state index in [1.807, 2.05) is 24.3 Å². The van der Waals surface area contributed by atoms with Crippen LogP contribution >= 0.6 is 23.4 Å². The number of Topliss-reactive ketones (excluding diaryl/α,β-unsaturated/α-hetero) is 1. The number of ketones is 1. The highest BCUT2D eigenvalue weighted by molar-refractivity contribution is 7.99. The molecule has 0 aliphatic carbocycles. The Morgan fingerprint density at radius 2 is 1.89 bits per heavy atom. The zero-order valence-corrected chi connectivity index (χ0v) is 11.7. The van der Waals surface area contributed by atoms with Crippen molar-refractivity contribution in [1.82, 2.24) is 4.90 Å². The lowest BCUT2D eigenvalue weighted by atomic mass is 9.83. The van der Waals surface area contributed by atoms with E-state index >= 15 is 0 Å². The molecule has 3 aliphatic heterocycles. The van der Waals surface area contributed by atoms with Gasteiger partial charge in [-0.1, -0.05) is 11.6 Å². The van der Waals surface area contributed by atoms with Crippen LogP contribution in [0.3, 0.4) is 0 Å². The minimum Gasteiger partial charge on any atom is -0.298 e. The Morgan fingerprint density at radius 1 is 1.22 bits per heavy atom. The van der Waals surface area contributed by atoms with E-state index in [0.717, 1.165) is 36.7 Å².